The third-order valence-electron chi connectivity index (χ3n) is 5.35. The second-order valence-corrected chi connectivity index (χ2v) is 8.35. The molecule has 0 atom stereocenters. The number of alkyl halides is 3. The lowest BCUT2D eigenvalue weighted by molar-refractivity contribution is -0.259. The predicted octanol–water partition coefficient (Wildman–Crippen LogP) is 4.72. The van der Waals surface area contributed by atoms with E-state index in [4.69, 9.17) is 21.4 Å². The monoisotopic (exact) mass is 431 g/mol. The molecule has 2 aromatic rings. The molecular weight excluding hydrogens is 411 g/mol. The molecule has 1 N–H and O–H groups in total. The summed E-state index contributed by atoms with van der Waals surface area (Å²) < 4.78 is 46.6. The molecule has 1 saturated carbocycles. The van der Waals surface area contributed by atoms with Crippen molar-refractivity contribution < 1.29 is 27.8 Å². The molecule has 6 nitrogen and oxygen atoms in total. The first-order valence-corrected chi connectivity index (χ1v) is 9.45. The van der Waals surface area contributed by atoms with Crippen molar-refractivity contribution in [1.82, 2.24) is 14.8 Å². The van der Waals surface area contributed by atoms with Crippen LogP contribution < -0.4 is 4.74 Å². The van der Waals surface area contributed by atoms with Crippen molar-refractivity contribution in [3.8, 4) is 5.88 Å². The molecule has 0 spiro atoms. The van der Waals surface area contributed by atoms with E-state index in [1.54, 1.807) is 16.9 Å². The summed E-state index contributed by atoms with van der Waals surface area (Å²) in [5.74, 6) is -1.03. The molecule has 29 heavy (non-hydrogen) atoms. The molecule has 0 unspecified atom stereocenters. The van der Waals surface area contributed by atoms with Crippen LogP contribution in [0, 0.1) is 5.41 Å². The van der Waals surface area contributed by atoms with E-state index < -0.39 is 29.6 Å². The molecule has 0 saturated heterocycles. The molecule has 158 valence electrons. The van der Waals surface area contributed by atoms with Crippen molar-refractivity contribution in [1.29, 1.82) is 0 Å². The van der Waals surface area contributed by atoms with Crippen LogP contribution in [0.4, 0.5) is 13.2 Å². The number of carboxylic acid groups (broad SMARTS) is 1. The van der Waals surface area contributed by atoms with Crippen molar-refractivity contribution in [3.63, 3.8) is 0 Å². The minimum absolute atomic E-state index is 0.0724. The largest absolute Gasteiger partial charge is 0.478 e. The van der Waals surface area contributed by atoms with Gasteiger partial charge in [0, 0.05) is 23.4 Å². The van der Waals surface area contributed by atoms with Crippen LogP contribution in [0.1, 0.15) is 49.2 Å². The van der Waals surface area contributed by atoms with Crippen molar-refractivity contribution in [2.45, 2.75) is 51.2 Å². The Morgan fingerprint density at radius 3 is 2.52 bits per heavy atom. The normalized spacial score (nSPS) is 16.3. The molecule has 0 bridgehead atoms. The van der Waals surface area contributed by atoms with Gasteiger partial charge in [-0.3, -0.25) is 4.68 Å². The summed E-state index contributed by atoms with van der Waals surface area (Å²) in [5, 5.41) is 13.2. The zero-order valence-electron chi connectivity index (χ0n) is 16.0. The molecule has 1 aliphatic carbocycles. The summed E-state index contributed by atoms with van der Waals surface area (Å²) in [6.45, 7) is 3.66. The van der Waals surface area contributed by atoms with Gasteiger partial charge in [0.25, 0.3) is 0 Å². The molecule has 3 rings (SSSR count). The van der Waals surface area contributed by atoms with E-state index in [9.17, 15) is 18.0 Å². The van der Waals surface area contributed by atoms with Crippen molar-refractivity contribution in [3.05, 3.63) is 40.8 Å². The van der Waals surface area contributed by atoms with Gasteiger partial charge in [0.15, 0.2) is 0 Å². The third-order valence-corrected chi connectivity index (χ3v) is 5.64. The number of carboxylic acids is 1. The van der Waals surface area contributed by atoms with Crippen LogP contribution >= 0.6 is 11.6 Å². The Bertz CT molecular complexity index is 908. The maximum Gasteiger partial charge on any atom is 0.397 e. The number of carbonyl (C=O) groups is 1. The second kappa shape index (κ2) is 7.51. The zero-order valence-corrected chi connectivity index (χ0v) is 16.7. The molecule has 2 aromatic heterocycles. The third kappa shape index (κ3) is 4.34. The minimum atomic E-state index is -4.29. The van der Waals surface area contributed by atoms with Crippen LogP contribution in [0.5, 0.6) is 5.88 Å². The fourth-order valence-electron chi connectivity index (χ4n) is 3.29. The Labute approximate surface area is 170 Å². The smallest absolute Gasteiger partial charge is 0.397 e. The molecule has 0 radical (unpaired) electrons. The number of aromatic carboxylic acids is 1. The van der Waals surface area contributed by atoms with E-state index >= 15 is 0 Å². The number of nitrogens with zero attached hydrogens (tertiary/aromatic N) is 3. The number of hydrogen-bond donors (Lipinski definition) is 1. The molecule has 2 heterocycles. The topological polar surface area (TPSA) is 77.2 Å². The summed E-state index contributed by atoms with van der Waals surface area (Å²) in [5.41, 5.74) is -1.86. The number of rotatable bonds is 7. The van der Waals surface area contributed by atoms with Gasteiger partial charge in [-0.15, -0.1) is 5.10 Å². The van der Waals surface area contributed by atoms with Crippen molar-refractivity contribution in [2.75, 3.05) is 6.61 Å². The van der Waals surface area contributed by atoms with Gasteiger partial charge in [-0.25, -0.2) is 9.78 Å². The average Bonchev–Trinajstić information content (AvgIpc) is 2.98. The number of halogens is 4. The first kappa shape index (κ1) is 21.4. The van der Waals surface area contributed by atoms with Gasteiger partial charge in [-0.1, -0.05) is 31.9 Å². The van der Waals surface area contributed by atoms with Crippen LogP contribution in [-0.4, -0.2) is 38.6 Å². The maximum atomic E-state index is 13.2. The number of pyridine rings is 1. The Hall–Kier alpha value is -2.29. The summed E-state index contributed by atoms with van der Waals surface area (Å²) >= 11 is 5.95. The first-order valence-electron chi connectivity index (χ1n) is 9.07. The second-order valence-electron chi connectivity index (χ2n) is 8.00. The number of aromatic nitrogens is 3. The predicted molar refractivity (Wildman–Crippen MR) is 99.3 cm³/mol. The summed E-state index contributed by atoms with van der Waals surface area (Å²) in [6.07, 6.45) is -1.98. The van der Waals surface area contributed by atoms with Gasteiger partial charge in [0.2, 0.25) is 5.88 Å². The van der Waals surface area contributed by atoms with Crippen molar-refractivity contribution in [2.24, 2.45) is 5.41 Å². The van der Waals surface area contributed by atoms with Crippen LogP contribution in [0.25, 0.3) is 0 Å². The summed E-state index contributed by atoms with van der Waals surface area (Å²) in [6, 6.07) is 4.49. The maximum absolute atomic E-state index is 13.2. The van der Waals surface area contributed by atoms with Gasteiger partial charge in [-0.2, -0.15) is 13.2 Å². The van der Waals surface area contributed by atoms with Crippen LogP contribution in [0.2, 0.25) is 5.15 Å². The Morgan fingerprint density at radius 2 is 2.00 bits per heavy atom. The molecule has 10 heteroatoms. The highest BCUT2D eigenvalue weighted by Crippen LogP contribution is 2.53. The van der Waals surface area contributed by atoms with E-state index in [0.717, 1.165) is 0 Å². The van der Waals surface area contributed by atoms with Crippen LogP contribution in [0.15, 0.2) is 24.4 Å². The molecular formula is C19H21ClF3N3O3. The Morgan fingerprint density at radius 1 is 1.31 bits per heavy atom. The summed E-state index contributed by atoms with van der Waals surface area (Å²) in [7, 11) is 0. The van der Waals surface area contributed by atoms with E-state index in [2.05, 4.69) is 10.1 Å². The lowest BCUT2D eigenvalue weighted by Crippen LogP contribution is -2.48. The zero-order chi connectivity index (χ0) is 21.4. The SMILES string of the molecule is CC(C)(Cn1ccc(OCC2(C(F)(F)F)CCC2)n1)c1ccc(C(=O)O)c(Cl)n1. The lowest BCUT2D eigenvalue weighted by atomic mass is 9.69. The van der Waals surface area contributed by atoms with Gasteiger partial charge in [0.1, 0.15) is 17.2 Å². The minimum Gasteiger partial charge on any atom is -0.478 e. The molecule has 1 fully saturated rings. The quantitative estimate of drug-likeness (QED) is 0.642. The molecule has 1 aliphatic rings. The Kier molecular flexibility index (Phi) is 5.55. The highest BCUT2D eigenvalue weighted by atomic mass is 35.5. The van der Waals surface area contributed by atoms with Crippen LogP contribution in [-0.2, 0) is 12.0 Å². The van der Waals surface area contributed by atoms with Gasteiger partial charge >= 0.3 is 12.1 Å². The van der Waals surface area contributed by atoms with E-state index in [1.165, 1.54) is 12.1 Å². The van der Waals surface area contributed by atoms with Gasteiger partial charge < -0.3 is 9.84 Å². The van der Waals surface area contributed by atoms with E-state index in [-0.39, 0.29) is 29.4 Å². The number of ether oxygens (including phenoxy) is 1. The van der Waals surface area contributed by atoms with Crippen LogP contribution in [0.3, 0.4) is 0 Å². The first-order chi connectivity index (χ1) is 13.4. The van der Waals surface area contributed by atoms with Gasteiger partial charge in [0.05, 0.1) is 12.1 Å². The average molecular weight is 432 g/mol. The highest BCUT2D eigenvalue weighted by Gasteiger charge is 2.58. The fourth-order valence-corrected chi connectivity index (χ4v) is 3.52. The van der Waals surface area contributed by atoms with E-state index in [0.29, 0.717) is 18.7 Å². The summed E-state index contributed by atoms with van der Waals surface area (Å²) in [4.78, 5) is 15.2. The highest BCUT2D eigenvalue weighted by molar-refractivity contribution is 6.32. The van der Waals surface area contributed by atoms with Gasteiger partial charge in [-0.05, 0) is 25.0 Å². The molecule has 0 aliphatic heterocycles. The molecule has 0 aromatic carbocycles. The van der Waals surface area contributed by atoms with E-state index in [1.807, 2.05) is 13.8 Å². The lowest BCUT2D eigenvalue weighted by Gasteiger charge is -2.42. The molecule has 0 amide bonds. The standard InChI is InChI=1S/C19H21ClF3N3O3/c1-17(2,13-5-4-12(16(27)28)15(20)24-13)10-26-9-6-14(25-26)29-11-18(7-3-8-18)19(21,22)23/h4-6,9H,3,7-8,10-11H2,1-2H3,(H,27,28). The Balaban J connectivity index is 1.67. The fraction of sp³-hybridized carbons (Fsp3) is 0.526. The number of hydrogen-bond acceptors (Lipinski definition) is 4. The van der Waals surface area contributed by atoms with Crippen molar-refractivity contribution >= 4 is 17.6 Å².